The van der Waals surface area contributed by atoms with E-state index in [0.29, 0.717) is 6.42 Å². The minimum absolute atomic E-state index is 0.0542. The number of fused-ring (bicyclic) bond motifs is 3. The molecule has 0 amide bonds. The SMILES string of the molecule is O=C(S)CC1c2ccccc2-c2ccccc21. The van der Waals surface area contributed by atoms with Crippen LogP contribution in [0.5, 0.6) is 0 Å². The summed E-state index contributed by atoms with van der Waals surface area (Å²) in [5.41, 5.74) is 5.00. The van der Waals surface area contributed by atoms with Gasteiger partial charge in [0.2, 0.25) is 0 Å². The molecule has 0 spiro atoms. The first-order valence-electron chi connectivity index (χ1n) is 5.67. The van der Waals surface area contributed by atoms with Crippen LogP contribution in [0.15, 0.2) is 48.5 Å². The van der Waals surface area contributed by atoms with Crippen molar-refractivity contribution in [1.29, 1.82) is 0 Å². The highest BCUT2D eigenvalue weighted by Crippen LogP contribution is 2.46. The van der Waals surface area contributed by atoms with E-state index in [4.69, 9.17) is 0 Å². The van der Waals surface area contributed by atoms with Gasteiger partial charge in [0.1, 0.15) is 0 Å². The highest BCUT2D eigenvalue weighted by molar-refractivity contribution is 7.96. The van der Waals surface area contributed by atoms with Gasteiger partial charge in [-0.1, -0.05) is 48.5 Å². The summed E-state index contributed by atoms with van der Waals surface area (Å²) in [5.74, 6) is 0.174. The van der Waals surface area contributed by atoms with Crippen LogP contribution >= 0.6 is 12.6 Å². The molecule has 0 bridgehead atoms. The summed E-state index contributed by atoms with van der Waals surface area (Å²) in [4.78, 5) is 11.3. The molecule has 17 heavy (non-hydrogen) atoms. The quantitative estimate of drug-likeness (QED) is 0.793. The Morgan fingerprint density at radius 2 is 1.41 bits per heavy atom. The molecule has 2 aromatic rings. The Labute approximate surface area is 106 Å². The van der Waals surface area contributed by atoms with Crippen molar-refractivity contribution in [2.24, 2.45) is 0 Å². The smallest absolute Gasteiger partial charge is 0.186 e. The van der Waals surface area contributed by atoms with Gasteiger partial charge in [-0.05, 0) is 22.3 Å². The summed E-state index contributed by atoms with van der Waals surface area (Å²) in [7, 11) is 0. The minimum Gasteiger partial charge on any atom is -0.287 e. The predicted octanol–water partition coefficient (Wildman–Crippen LogP) is 3.65. The highest BCUT2D eigenvalue weighted by atomic mass is 32.1. The molecule has 1 aliphatic carbocycles. The van der Waals surface area contributed by atoms with Crippen LogP contribution in [-0.2, 0) is 4.79 Å². The molecule has 84 valence electrons. The van der Waals surface area contributed by atoms with Gasteiger partial charge in [-0.3, -0.25) is 4.79 Å². The zero-order chi connectivity index (χ0) is 11.8. The van der Waals surface area contributed by atoms with Gasteiger partial charge in [-0.2, -0.15) is 0 Å². The Hall–Kier alpha value is -1.54. The van der Waals surface area contributed by atoms with Crippen LogP contribution in [0.4, 0.5) is 0 Å². The largest absolute Gasteiger partial charge is 0.287 e. The van der Waals surface area contributed by atoms with Crippen molar-refractivity contribution in [3.05, 3.63) is 59.7 Å². The van der Waals surface area contributed by atoms with E-state index in [0.717, 1.165) is 0 Å². The Morgan fingerprint density at radius 1 is 0.941 bits per heavy atom. The lowest BCUT2D eigenvalue weighted by Crippen LogP contribution is -2.01. The van der Waals surface area contributed by atoms with E-state index in [1.54, 1.807) is 0 Å². The lowest BCUT2D eigenvalue weighted by atomic mass is 9.94. The molecule has 0 atom stereocenters. The number of benzene rings is 2. The summed E-state index contributed by atoms with van der Waals surface area (Å²) in [6.45, 7) is 0. The molecule has 2 heteroatoms. The number of hydrogen-bond acceptors (Lipinski definition) is 1. The monoisotopic (exact) mass is 240 g/mol. The molecule has 3 rings (SSSR count). The van der Waals surface area contributed by atoms with E-state index in [-0.39, 0.29) is 11.0 Å². The summed E-state index contributed by atoms with van der Waals surface area (Å²) in [6, 6.07) is 16.6. The maximum Gasteiger partial charge on any atom is 0.186 e. The number of rotatable bonds is 2. The molecular weight excluding hydrogens is 228 g/mol. The first kappa shape index (κ1) is 10.6. The first-order valence-corrected chi connectivity index (χ1v) is 6.12. The van der Waals surface area contributed by atoms with Crippen molar-refractivity contribution in [2.45, 2.75) is 12.3 Å². The van der Waals surface area contributed by atoms with Crippen LogP contribution in [0, 0.1) is 0 Å². The van der Waals surface area contributed by atoms with Gasteiger partial charge in [-0.15, -0.1) is 12.6 Å². The Kier molecular flexibility index (Phi) is 2.52. The van der Waals surface area contributed by atoms with Crippen molar-refractivity contribution in [1.82, 2.24) is 0 Å². The molecule has 2 aromatic carbocycles. The van der Waals surface area contributed by atoms with Crippen molar-refractivity contribution in [2.75, 3.05) is 0 Å². The minimum atomic E-state index is -0.0542. The van der Waals surface area contributed by atoms with E-state index in [9.17, 15) is 4.79 Å². The van der Waals surface area contributed by atoms with E-state index in [2.05, 4.69) is 36.9 Å². The third-order valence-electron chi connectivity index (χ3n) is 3.34. The topological polar surface area (TPSA) is 17.1 Å². The summed E-state index contributed by atoms with van der Waals surface area (Å²) < 4.78 is 0. The molecule has 0 heterocycles. The molecule has 1 nitrogen and oxygen atoms in total. The number of carbonyl (C=O) groups is 1. The second kappa shape index (κ2) is 4.04. The van der Waals surface area contributed by atoms with Gasteiger partial charge in [0.25, 0.3) is 0 Å². The van der Waals surface area contributed by atoms with Gasteiger partial charge in [-0.25, -0.2) is 0 Å². The maximum absolute atomic E-state index is 11.3. The Morgan fingerprint density at radius 3 is 1.88 bits per heavy atom. The highest BCUT2D eigenvalue weighted by Gasteiger charge is 2.28. The average molecular weight is 240 g/mol. The van der Waals surface area contributed by atoms with Gasteiger partial charge >= 0.3 is 0 Å². The van der Waals surface area contributed by atoms with Crippen LogP contribution in [0.1, 0.15) is 23.5 Å². The van der Waals surface area contributed by atoms with Crippen molar-refractivity contribution >= 4 is 17.7 Å². The zero-order valence-corrected chi connectivity index (χ0v) is 10.2. The Balaban J connectivity index is 2.20. The third kappa shape index (κ3) is 1.69. The van der Waals surface area contributed by atoms with Crippen LogP contribution in [0.25, 0.3) is 11.1 Å². The molecular formula is C15H12OS. The van der Waals surface area contributed by atoms with E-state index < -0.39 is 0 Å². The molecule has 0 aliphatic heterocycles. The second-order valence-corrected chi connectivity index (χ2v) is 4.82. The molecule has 0 saturated heterocycles. The fraction of sp³-hybridized carbons (Fsp3) is 0.133. The Bertz CT molecular complexity index is 543. The van der Waals surface area contributed by atoms with Crippen LogP contribution in [0.3, 0.4) is 0 Å². The average Bonchev–Trinajstić information content (AvgIpc) is 2.65. The number of carbonyl (C=O) groups excluding carboxylic acids is 1. The summed E-state index contributed by atoms with van der Waals surface area (Å²) in [5, 5.41) is -0.0542. The fourth-order valence-electron chi connectivity index (χ4n) is 2.65. The second-order valence-electron chi connectivity index (χ2n) is 4.32. The molecule has 1 aliphatic rings. The standard InChI is InChI=1S/C15H12OS/c16-15(17)9-14-12-7-3-1-5-10(12)11-6-2-4-8-13(11)14/h1-8,14H,9H2,(H,16,17). The van der Waals surface area contributed by atoms with E-state index >= 15 is 0 Å². The zero-order valence-electron chi connectivity index (χ0n) is 9.26. The van der Waals surface area contributed by atoms with Crippen LogP contribution in [0.2, 0.25) is 0 Å². The predicted molar refractivity (Wildman–Crippen MR) is 72.3 cm³/mol. The lowest BCUT2D eigenvalue weighted by Gasteiger charge is -2.10. The maximum atomic E-state index is 11.3. The van der Waals surface area contributed by atoms with Gasteiger partial charge in [0, 0.05) is 12.3 Å². The van der Waals surface area contributed by atoms with Crippen LogP contribution in [-0.4, -0.2) is 5.12 Å². The van der Waals surface area contributed by atoms with E-state index in [1.165, 1.54) is 22.3 Å². The fourth-order valence-corrected chi connectivity index (χ4v) is 2.84. The molecule has 0 unspecified atom stereocenters. The van der Waals surface area contributed by atoms with Crippen LogP contribution < -0.4 is 0 Å². The van der Waals surface area contributed by atoms with Gasteiger partial charge in [0.05, 0.1) is 0 Å². The van der Waals surface area contributed by atoms with Gasteiger partial charge in [0.15, 0.2) is 5.12 Å². The molecule has 0 N–H and O–H groups in total. The third-order valence-corrected chi connectivity index (χ3v) is 3.52. The first-order chi connectivity index (χ1) is 8.27. The van der Waals surface area contributed by atoms with Crippen molar-refractivity contribution < 1.29 is 4.79 Å². The number of hydrogen-bond donors (Lipinski definition) is 1. The molecule has 0 radical (unpaired) electrons. The van der Waals surface area contributed by atoms with Gasteiger partial charge < -0.3 is 0 Å². The summed E-state index contributed by atoms with van der Waals surface area (Å²) in [6.07, 6.45) is 0.469. The van der Waals surface area contributed by atoms with Crippen molar-refractivity contribution in [3.63, 3.8) is 0 Å². The molecule has 0 aromatic heterocycles. The summed E-state index contributed by atoms with van der Waals surface area (Å²) >= 11 is 3.92. The normalized spacial score (nSPS) is 13.2. The lowest BCUT2D eigenvalue weighted by molar-refractivity contribution is -0.110. The molecule has 0 saturated carbocycles. The molecule has 0 fully saturated rings. The number of thiol groups is 1. The van der Waals surface area contributed by atoms with Crippen molar-refractivity contribution in [3.8, 4) is 11.1 Å². The van der Waals surface area contributed by atoms with E-state index in [1.807, 2.05) is 24.3 Å².